The van der Waals surface area contributed by atoms with E-state index < -0.39 is 0 Å². The number of nitrogens with zero attached hydrogens (tertiary/aromatic N) is 3. The summed E-state index contributed by atoms with van der Waals surface area (Å²) in [6.07, 6.45) is 0. The van der Waals surface area contributed by atoms with Crippen LogP contribution in [-0.4, -0.2) is 37.5 Å². The number of anilines is 1. The molecule has 0 atom stereocenters. The molecule has 1 aromatic carbocycles. The van der Waals surface area contributed by atoms with Gasteiger partial charge in [0.2, 0.25) is 5.91 Å². The second-order valence-corrected chi connectivity index (χ2v) is 4.87. The van der Waals surface area contributed by atoms with Gasteiger partial charge in [0.25, 0.3) is 0 Å². The minimum Gasteiger partial charge on any atom is -0.360 e. The molecule has 1 amide bonds. The fraction of sp³-hybridized carbons (Fsp3) is 0.333. The molecule has 0 unspecified atom stereocenters. The van der Waals surface area contributed by atoms with Crippen molar-refractivity contribution >= 4 is 27.5 Å². The third-order valence-electron chi connectivity index (χ3n) is 2.90. The van der Waals surface area contributed by atoms with E-state index >= 15 is 0 Å². The molecule has 5 heteroatoms. The summed E-state index contributed by atoms with van der Waals surface area (Å²) in [5, 5.41) is 8.84. The number of piperazine rings is 1. The molecule has 0 aliphatic carbocycles. The lowest BCUT2D eigenvalue weighted by atomic mass is 10.2. The zero-order valence-electron chi connectivity index (χ0n) is 9.48. The lowest BCUT2D eigenvalue weighted by Gasteiger charge is -2.33. The van der Waals surface area contributed by atoms with Crippen LogP contribution in [0.2, 0.25) is 0 Å². The fourth-order valence-corrected chi connectivity index (χ4v) is 2.23. The van der Waals surface area contributed by atoms with Crippen molar-refractivity contribution < 1.29 is 4.79 Å². The van der Waals surface area contributed by atoms with Crippen LogP contribution in [-0.2, 0) is 4.79 Å². The van der Waals surface area contributed by atoms with Gasteiger partial charge in [-0.3, -0.25) is 4.79 Å². The van der Waals surface area contributed by atoms with Gasteiger partial charge < -0.3 is 9.80 Å². The minimum atomic E-state index is 0.122. The van der Waals surface area contributed by atoms with Crippen LogP contribution < -0.4 is 4.90 Å². The van der Waals surface area contributed by atoms with E-state index in [1.54, 1.807) is 11.0 Å². The number of carbonyl (C=O) groups excluding carboxylic acids is 1. The average Bonchev–Trinajstić information content (AvgIpc) is 2.32. The quantitative estimate of drug-likeness (QED) is 0.790. The highest BCUT2D eigenvalue weighted by atomic mass is 79.9. The molecule has 0 N–H and O–H groups in total. The number of halogens is 1. The summed E-state index contributed by atoms with van der Waals surface area (Å²) >= 11 is 3.36. The van der Waals surface area contributed by atoms with E-state index in [2.05, 4.69) is 22.0 Å². The number of hydrogen-bond donors (Lipinski definition) is 0. The third kappa shape index (κ3) is 2.42. The Kier molecular flexibility index (Phi) is 3.34. The Morgan fingerprint density at radius 3 is 2.76 bits per heavy atom. The molecule has 4 nitrogen and oxygen atoms in total. The summed E-state index contributed by atoms with van der Waals surface area (Å²) in [7, 11) is 1.81. The van der Waals surface area contributed by atoms with Gasteiger partial charge in [-0.25, -0.2) is 0 Å². The number of amides is 1. The number of benzene rings is 1. The lowest BCUT2D eigenvalue weighted by Crippen LogP contribution is -2.48. The second kappa shape index (κ2) is 4.76. The highest BCUT2D eigenvalue weighted by Gasteiger charge is 2.21. The molecule has 1 fully saturated rings. The van der Waals surface area contributed by atoms with E-state index in [0.717, 1.165) is 23.2 Å². The van der Waals surface area contributed by atoms with E-state index in [1.807, 2.05) is 24.1 Å². The van der Waals surface area contributed by atoms with Crippen LogP contribution in [0.4, 0.5) is 5.69 Å². The van der Waals surface area contributed by atoms with E-state index in [4.69, 9.17) is 5.26 Å². The largest absolute Gasteiger partial charge is 0.360 e. The maximum Gasteiger partial charge on any atom is 0.241 e. The highest BCUT2D eigenvalue weighted by molar-refractivity contribution is 9.10. The van der Waals surface area contributed by atoms with E-state index in [1.165, 1.54) is 0 Å². The van der Waals surface area contributed by atoms with Gasteiger partial charge >= 0.3 is 0 Å². The summed E-state index contributed by atoms with van der Waals surface area (Å²) in [5.74, 6) is 0.122. The van der Waals surface area contributed by atoms with Gasteiger partial charge in [0.05, 0.1) is 12.1 Å². The molecule has 17 heavy (non-hydrogen) atoms. The van der Waals surface area contributed by atoms with Crippen molar-refractivity contribution in [3.8, 4) is 6.07 Å². The molecule has 1 aliphatic heterocycles. The van der Waals surface area contributed by atoms with E-state index in [0.29, 0.717) is 12.1 Å². The fourth-order valence-electron chi connectivity index (χ4n) is 1.77. The van der Waals surface area contributed by atoms with Gasteiger partial charge in [-0.1, -0.05) is 0 Å². The lowest BCUT2D eigenvalue weighted by molar-refractivity contribution is -0.129. The molecule has 2 rings (SSSR count). The molecule has 1 saturated heterocycles. The number of likely N-dealkylation sites (N-methyl/N-ethyl adjacent to an activating group) is 1. The van der Waals surface area contributed by atoms with Gasteiger partial charge in [-0.05, 0) is 34.1 Å². The number of rotatable bonds is 1. The first kappa shape index (κ1) is 11.9. The number of carbonyl (C=O) groups is 1. The van der Waals surface area contributed by atoms with Gasteiger partial charge in [0, 0.05) is 30.3 Å². The Morgan fingerprint density at radius 2 is 2.18 bits per heavy atom. The van der Waals surface area contributed by atoms with Gasteiger partial charge in [0.15, 0.2) is 0 Å². The van der Waals surface area contributed by atoms with Crippen molar-refractivity contribution in [2.24, 2.45) is 0 Å². The first-order valence-electron chi connectivity index (χ1n) is 5.30. The molecule has 0 spiro atoms. The monoisotopic (exact) mass is 293 g/mol. The van der Waals surface area contributed by atoms with Crippen LogP contribution in [0.15, 0.2) is 22.7 Å². The van der Waals surface area contributed by atoms with Crippen molar-refractivity contribution in [3.63, 3.8) is 0 Å². The average molecular weight is 294 g/mol. The minimum absolute atomic E-state index is 0.122. The predicted molar refractivity (Wildman–Crippen MR) is 68.7 cm³/mol. The van der Waals surface area contributed by atoms with Crippen LogP contribution in [0.3, 0.4) is 0 Å². The van der Waals surface area contributed by atoms with Crippen molar-refractivity contribution in [2.45, 2.75) is 0 Å². The summed E-state index contributed by atoms with van der Waals surface area (Å²) in [5.41, 5.74) is 1.58. The molecular formula is C12H12BrN3O. The maximum atomic E-state index is 11.6. The Bertz CT molecular complexity index is 495. The van der Waals surface area contributed by atoms with E-state index in [9.17, 15) is 4.79 Å². The van der Waals surface area contributed by atoms with Crippen LogP contribution in [0, 0.1) is 11.3 Å². The van der Waals surface area contributed by atoms with Crippen LogP contribution in [0.1, 0.15) is 5.56 Å². The summed E-state index contributed by atoms with van der Waals surface area (Å²) in [6.45, 7) is 1.95. The standard InChI is InChI=1S/C12H12BrN3O/c1-15-4-5-16(8-12(15)17)10-3-2-9(7-14)11(13)6-10/h2-3,6H,4-5,8H2,1H3. The summed E-state index contributed by atoms with van der Waals surface area (Å²) < 4.78 is 0.767. The third-order valence-corrected chi connectivity index (χ3v) is 3.55. The second-order valence-electron chi connectivity index (χ2n) is 4.01. The number of nitriles is 1. The predicted octanol–water partition coefficient (Wildman–Crippen LogP) is 1.60. The Balaban J connectivity index is 2.21. The SMILES string of the molecule is CN1CCN(c2ccc(C#N)c(Br)c2)CC1=O. The molecule has 0 aromatic heterocycles. The van der Waals surface area contributed by atoms with Crippen LogP contribution in [0.5, 0.6) is 0 Å². The van der Waals surface area contributed by atoms with Crippen molar-refractivity contribution in [1.82, 2.24) is 4.90 Å². The highest BCUT2D eigenvalue weighted by Crippen LogP contribution is 2.24. The van der Waals surface area contributed by atoms with E-state index in [-0.39, 0.29) is 5.91 Å². The molecular weight excluding hydrogens is 282 g/mol. The van der Waals surface area contributed by atoms with Crippen LogP contribution >= 0.6 is 15.9 Å². The Hall–Kier alpha value is -1.54. The van der Waals surface area contributed by atoms with Crippen molar-refractivity contribution in [3.05, 3.63) is 28.2 Å². The summed E-state index contributed by atoms with van der Waals surface area (Å²) in [4.78, 5) is 15.4. The van der Waals surface area contributed by atoms with Gasteiger partial charge in [0.1, 0.15) is 6.07 Å². The molecule has 0 radical (unpaired) electrons. The normalized spacial score (nSPS) is 15.9. The zero-order chi connectivity index (χ0) is 12.4. The first-order chi connectivity index (χ1) is 8.11. The number of hydrogen-bond acceptors (Lipinski definition) is 3. The molecule has 1 aliphatic rings. The maximum absolute atomic E-state index is 11.6. The molecule has 1 aromatic rings. The Morgan fingerprint density at radius 1 is 1.41 bits per heavy atom. The Labute approximate surface area is 109 Å². The van der Waals surface area contributed by atoms with Gasteiger partial charge in [-0.2, -0.15) is 5.26 Å². The molecule has 0 bridgehead atoms. The topological polar surface area (TPSA) is 47.3 Å². The summed E-state index contributed by atoms with van der Waals surface area (Å²) in [6, 6.07) is 7.63. The zero-order valence-corrected chi connectivity index (χ0v) is 11.1. The van der Waals surface area contributed by atoms with Crippen LogP contribution in [0.25, 0.3) is 0 Å². The van der Waals surface area contributed by atoms with Gasteiger partial charge in [-0.15, -0.1) is 0 Å². The first-order valence-corrected chi connectivity index (χ1v) is 6.09. The van der Waals surface area contributed by atoms with Crippen molar-refractivity contribution in [1.29, 1.82) is 5.26 Å². The smallest absolute Gasteiger partial charge is 0.241 e. The molecule has 1 heterocycles. The molecule has 0 saturated carbocycles. The molecule has 88 valence electrons. The van der Waals surface area contributed by atoms with Crippen molar-refractivity contribution in [2.75, 3.05) is 31.6 Å².